The maximum atomic E-state index is 12.1. The predicted molar refractivity (Wildman–Crippen MR) is 86.6 cm³/mol. The summed E-state index contributed by atoms with van der Waals surface area (Å²) in [6.45, 7) is 5.98. The van der Waals surface area contributed by atoms with Gasteiger partial charge in [-0.1, -0.05) is 0 Å². The van der Waals surface area contributed by atoms with E-state index in [1.165, 1.54) is 0 Å². The van der Waals surface area contributed by atoms with Crippen molar-refractivity contribution in [3.05, 3.63) is 48.2 Å². The number of aromatic nitrogens is 1. The van der Waals surface area contributed by atoms with Gasteiger partial charge in [-0.2, -0.15) is 0 Å². The minimum absolute atomic E-state index is 0.174. The number of hydrogen-bond donors (Lipinski definition) is 2. The van der Waals surface area contributed by atoms with Crippen molar-refractivity contribution in [3.63, 3.8) is 0 Å². The molecular formula is C16H20N4O. The number of rotatable bonds is 5. The van der Waals surface area contributed by atoms with E-state index >= 15 is 0 Å². The molecule has 0 fully saturated rings. The molecule has 1 amide bonds. The topological polar surface area (TPSA) is 71.2 Å². The standard InChI is InChI=1S/C16H20N4O/c1-3-20(4-2)15-10-9-14(11-18-15)19-16(21)12-5-7-13(17)8-6-12/h5-11H,3-4,17H2,1-2H3,(H,19,21). The molecule has 2 aromatic rings. The summed E-state index contributed by atoms with van der Waals surface area (Å²) in [6, 6.07) is 10.6. The van der Waals surface area contributed by atoms with Crippen LogP contribution in [0.3, 0.4) is 0 Å². The Labute approximate surface area is 124 Å². The molecule has 0 aliphatic carbocycles. The molecule has 5 nitrogen and oxygen atoms in total. The molecule has 0 saturated carbocycles. The lowest BCUT2D eigenvalue weighted by atomic mass is 10.2. The van der Waals surface area contributed by atoms with Crippen LogP contribution in [0.15, 0.2) is 42.6 Å². The van der Waals surface area contributed by atoms with Gasteiger partial charge in [-0.25, -0.2) is 4.98 Å². The zero-order valence-electron chi connectivity index (χ0n) is 12.3. The first-order chi connectivity index (χ1) is 10.1. The quantitative estimate of drug-likeness (QED) is 0.828. The third-order valence-corrected chi connectivity index (χ3v) is 3.27. The average Bonchev–Trinajstić information content (AvgIpc) is 2.51. The molecule has 2 rings (SSSR count). The van der Waals surface area contributed by atoms with Crippen LogP contribution in [0.25, 0.3) is 0 Å². The third kappa shape index (κ3) is 3.72. The molecule has 1 heterocycles. The van der Waals surface area contributed by atoms with E-state index in [-0.39, 0.29) is 5.91 Å². The summed E-state index contributed by atoms with van der Waals surface area (Å²) in [5, 5.41) is 2.82. The normalized spacial score (nSPS) is 10.2. The summed E-state index contributed by atoms with van der Waals surface area (Å²) < 4.78 is 0. The Hall–Kier alpha value is -2.56. The van der Waals surface area contributed by atoms with Gasteiger partial charge in [-0.3, -0.25) is 4.79 Å². The van der Waals surface area contributed by atoms with E-state index in [2.05, 4.69) is 29.0 Å². The first-order valence-corrected chi connectivity index (χ1v) is 7.02. The number of benzene rings is 1. The highest BCUT2D eigenvalue weighted by Crippen LogP contribution is 2.15. The van der Waals surface area contributed by atoms with Gasteiger partial charge in [0.2, 0.25) is 0 Å². The molecule has 0 aliphatic heterocycles. The first-order valence-electron chi connectivity index (χ1n) is 7.02. The number of nitrogen functional groups attached to an aromatic ring is 1. The van der Waals surface area contributed by atoms with E-state index in [0.717, 1.165) is 18.9 Å². The van der Waals surface area contributed by atoms with Crippen LogP contribution in [0.4, 0.5) is 17.2 Å². The van der Waals surface area contributed by atoms with Crippen molar-refractivity contribution in [1.29, 1.82) is 0 Å². The minimum atomic E-state index is -0.174. The zero-order valence-corrected chi connectivity index (χ0v) is 12.3. The Morgan fingerprint density at radius 3 is 2.33 bits per heavy atom. The largest absolute Gasteiger partial charge is 0.399 e. The maximum Gasteiger partial charge on any atom is 0.255 e. The molecule has 1 aromatic heterocycles. The number of hydrogen-bond acceptors (Lipinski definition) is 4. The first kappa shape index (κ1) is 14.8. The Kier molecular flexibility index (Phi) is 4.77. The summed E-state index contributed by atoms with van der Waals surface area (Å²) in [4.78, 5) is 18.6. The van der Waals surface area contributed by atoms with Crippen LogP contribution in [-0.4, -0.2) is 24.0 Å². The number of nitrogens with one attached hydrogen (secondary N) is 1. The Morgan fingerprint density at radius 2 is 1.81 bits per heavy atom. The van der Waals surface area contributed by atoms with Gasteiger partial charge in [0.25, 0.3) is 5.91 Å². The van der Waals surface area contributed by atoms with Crippen LogP contribution in [0.5, 0.6) is 0 Å². The summed E-state index contributed by atoms with van der Waals surface area (Å²) in [7, 11) is 0. The molecule has 21 heavy (non-hydrogen) atoms. The van der Waals surface area contributed by atoms with E-state index in [9.17, 15) is 4.79 Å². The number of amides is 1. The fourth-order valence-corrected chi connectivity index (χ4v) is 2.03. The van der Waals surface area contributed by atoms with Gasteiger partial charge in [-0.15, -0.1) is 0 Å². The number of anilines is 3. The molecule has 0 atom stereocenters. The van der Waals surface area contributed by atoms with Crippen LogP contribution in [-0.2, 0) is 0 Å². The molecule has 1 aromatic carbocycles. The smallest absolute Gasteiger partial charge is 0.255 e. The number of pyridine rings is 1. The maximum absolute atomic E-state index is 12.1. The van der Waals surface area contributed by atoms with E-state index in [4.69, 9.17) is 5.73 Å². The van der Waals surface area contributed by atoms with E-state index in [1.807, 2.05) is 12.1 Å². The molecule has 110 valence electrons. The number of nitrogens with two attached hydrogens (primary N) is 1. The third-order valence-electron chi connectivity index (χ3n) is 3.27. The second-order valence-electron chi connectivity index (χ2n) is 4.65. The Bertz CT molecular complexity index is 589. The lowest BCUT2D eigenvalue weighted by Gasteiger charge is -2.19. The van der Waals surface area contributed by atoms with Gasteiger partial charge in [0, 0.05) is 24.3 Å². The van der Waals surface area contributed by atoms with Crippen molar-refractivity contribution >= 4 is 23.1 Å². The Morgan fingerprint density at radius 1 is 1.14 bits per heavy atom. The van der Waals surface area contributed by atoms with E-state index in [1.54, 1.807) is 30.5 Å². The number of nitrogens with zero attached hydrogens (tertiary/aromatic N) is 2. The SMILES string of the molecule is CCN(CC)c1ccc(NC(=O)c2ccc(N)cc2)cn1. The van der Waals surface area contributed by atoms with Gasteiger partial charge in [-0.05, 0) is 50.2 Å². The highest BCUT2D eigenvalue weighted by Gasteiger charge is 2.07. The van der Waals surface area contributed by atoms with Crippen molar-refractivity contribution < 1.29 is 4.79 Å². The van der Waals surface area contributed by atoms with Crippen LogP contribution < -0.4 is 16.0 Å². The second-order valence-corrected chi connectivity index (χ2v) is 4.65. The van der Waals surface area contributed by atoms with Gasteiger partial charge >= 0.3 is 0 Å². The van der Waals surface area contributed by atoms with E-state index in [0.29, 0.717) is 16.9 Å². The highest BCUT2D eigenvalue weighted by atomic mass is 16.1. The zero-order chi connectivity index (χ0) is 15.2. The molecule has 0 aliphatic rings. The summed E-state index contributed by atoms with van der Waals surface area (Å²) in [6.07, 6.45) is 1.67. The lowest BCUT2D eigenvalue weighted by Crippen LogP contribution is -2.22. The Balaban J connectivity index is 2.06. The molecule has 0 spiro atoms. The summed E-state index contributed by atoms with van der Waals surface area (Å²) >= 11 is 0. The number of carbonyl (C=O) groups excluding carboxylic acids is 1. The van der Waals surface area contributed by atoms with Crippen molar-refractivity contribution in [2.45, 2.75) is 13.8 Å². The predicted octanol–water partition coefficient (Wildman–Crippen LogP) is 2.76. The molecular weight excluding hydrogens is 264 g/mol. The molecule has 3 N–H and O–H groups in total. The van der Waals surface area contributed by atoms with Crippen molar-refractivity contribution in [2.75, 3.05) is 29.0 Å². The van der Waals surface area contributed by atoms with Gasteiger partial charge in [0.1, 0.15) is 5.82 Å². The van der Waals surface area contributed by atoms with E-state index < -0.39 is 0 Å². The fraction of sp³-hybridized carbons (Fsp3) is 0.250. The average molecular weight is 284 g/mol. The fourth-order valence-electron chi connectivity index (χ4n) is 2.03. The van der Waals surface area contributed by atoms with Crippen LogP contribution in [0, 0.1) is 0 Å². The second kappa shape index (κ2) is 6.74. The molecule has 5 heteroatoms. The molecule has 0 radical (unpaired) electrons. The molecule has 0 saturated heterocycles. The number of carbonyl (C=O) groups is 1. The summed E-state index contributed by atoms with van der Waals surface area (Å²) in [5.41, 5.74) is 7.48. The molecule has 0 bridgehead atoms. The van der Waals surface area contributed by atoms with Crippen molar-refractivity contribution in [2.24, 2.45) is 0 Å². The minimum Gasteiger partial charge on any atom is -0.399 e. The van der Waals surface area contributed by atoms with Crippen molar-refractivity contribution in [3.8, 4) is 0 Å². The van der Waals surface area contributed by atoms with Crippen molar-refractivity contribution in [1.82, 2.24) is 4.98 Å². The molecule has 0 unspecified atom stereocenters. The van der Waals surface area contributed by atoms with Crippen LogP contribution >= 0.6 is 0 Å². The van der Waals surface area contributed by atoms with Gasteiger partial charge in [0.05, 0.1) is 11.9 Å². The van der Waals surface area contributed by atoms with Crippen LogP contribution in [0.2, 0.25) is 0 Å². The monoisotopic (exact) mass is 284 g/mol. The van der Waals surface area contributed by atoms with Crippen LogP contribution in [0.1, 0.15) is 24.2 Å². The lowest BCUT2D eigenvalue weighted by molar-refractivity contribution is 0.102. The van der Waals surface area contributed by atoms with Gasteiger partial charge in [0.15, 0.2) is 0 Å². The highest BCUT2D eigenvalue weighted by molar-refractivity contribution is 6.04. The summed E-state index contributed by atoms with van der Waals surface area (Å²) in [5.74, 6) is 0.734. The van der Waals surface area contributed by atoms with Gasteiger partial charge < -0.3 is 16.0 Å².